The molecule has 1 aromatic carbocycles. The first-order chi connectivity index (χ1) is 8.00. The number of aryl methyl sites for hydroxylation is 1. The Kier molecular flexibility index (Phi) is 2.63. The fourth-order valence-corrected chi connectivity index (χ4v) is 1.50. The lowest BCUT2D eigenvalue weighted by atomic mass is 10.0. The van der Waals surface area contributed by atoms with Gasteiger partial charge in [0, 0.05) is 6.20 Å². The zero-order valence-electron chi connectivity index (χ0n) is 8.80. The van der Waals surface area contributed by atoms with Gasteiger partial charge in [0.25, 0.3) is 5.56 Å². The lowest BCUT2D eigenvalue weighted by Gasteiger charge is -2.05. The Morgan fingerprint density at radius 2 is 1.88 bits per heavy atom. The maximum Gasteiger partial charge on any atom is 0.325 e. The van der Waals surface area contributed by atoms with Crippen molar-refractivity contribution < 1.29 is 8.78 Å². The van der Waals surface area contributed by atoms with Crippen LogP contribution in [-0.2, 0) is 0 Å². The molecule has 0 bridgehead atoms. The second-order valence-electron chi connectivity index (χ2n) is 3.54. The van der Waals surface area contributed by atoms with Crippen molar-refractivity contribution in [2.45, 2.75) is 6.92 Å². The molecular formula is C11H8F2N2O2. The normalized spacial score (nSPS) is 10.5. The van der Waals surface area contributed by atoms with E-state index in [4.69, 9.17) is 0 Å². The number of hydrogen-bond donors (Lipinski definition) is 2. The summed E-state index contributed by atoms with van der Waals surface area (Å²) in [6, 6.07) is 2.34. The van der Waals surface area contributed by atoms with Gasteiger partial charge in [-0.1, -0.05) is 6.07 Å². The number of aromatic nitrogens is 2. The summed E-state index contributed by atoms with van der Waals surface area (Å²) in [4.78, 5) is 26.3. The summed E-state index contributed by atoms with van der Waals surface area (Å²) >= 11 is 0. The van der Waals surface area contributed by atoms with Crippen LogP contribution in [0.3, 0.4) is 0 Å². The smallest absolute Gasteiger partial charge is 0.313 e. The van der Waals surface area contributed by atoms with Crippen LogP contribution in [0.4, 0.5) is 8.78 Å². The van der Waals surface area contributed by atoms with E-state index < -0.39 is 28.4 Å². The number of hydrogen-bond acceptors (Lipinski definition) is 2. The molecule has 2 N–H and O–H groups in total. The van der Waals surface area contributed by atoms with E-state index in [1.807, 2.05) is 4.98 Å². The van der Waals surface area contributed by atoms with Gasteiger partial charge < -0.3 is 4.98 Å². The molecule has 17 heavy (non-hydrogen) atoms. The highest BCUT2D eigenvalue weighted by Crippen LogP contribution is 2.24. The Balaban J connectivity index is 2.81. The minimum Gasteiger partial charge on any atom is -0.313 e. The van der Waals surface area contributed by atoms with Gasteiger partial charge in [-0.3, -0.25) is 9.78 Å². The van der Waals surface area contributed by atoms with E-state index in [0.29, 0.717) is 0 Å². The molecule has 0 saturated carbocycles. The average molecular weight is 238 g/mol. The third kappa shape index (κ3) is 1.89. The van der Waals surface area contributed by atoms with E-state index in [-0.39, 0.29) is 11.1 Å². The van der Waals surface area contributed by atoms with Gasteiger partial charge in [0.15, 0.2) is 0 Å². The van der Waals surface area contributed by atoms with Crippen LogP contribution in [0.25, 0.3) is 11.1 Å². The largest absolute Gasteiger partial charge is 0.325 e. The van der Waals surface area contributed by atoms with Crippen molar-refractivity contribution in [3.05, 3.63) is 56.4 Å². The van der Waals surface area contributed by atoms with Crippen molar-refractivity contribution in [2.75, 3.05) is 0 Å². The number of halogens is 2. The summed E-state index contributed by atoms with van der Waals surface area (Å²) in [6.45, 7) is 1.46. The first-order valence-corrected chi connectivity index (χ1v) is 4.77. The van der Waals surface area contributed by atoms with Gasteiger partial charge >= 0.3 is 5.69 Å². The summed E-state index contributed by atoms with van der Waals surface area (Å²) in [6.07, 6.45) is 0.988. The minimum atomic E-state index is -0.856. The van der Waals surface area contributed by atoms with Crippen molar-refractivity contribution in [3.63, 3.8) is 0 Å². The number of rotatable bonds is 1. The molecule has 1 heterocycles. The van der Waals surface area contributed by atoms with Crippen molar-refractivity contribution in [1.29, 1.82) is 0 Å². The monoisotopic (exact) mass is 238 g/mol. The zero-order valence-corrected chi connectivity index (χ0v) is 8.80. The van der Waals surface area contributed by atoms with Gasteiger partial charge in [0.2, 0.25) is 0 Å². The Bertz CT molecular complexity index is 689. The molecule has 0 aliphatic rings. The van der Waals surface area contributed by atoms with Crippen LogP contribution in [0.2, 0.25) is 0 Å². The minimum absolute atomic E-state index is 0.215. The highest BCUT2D eigenvalue weighted by Gasteiger charge is 2.16. The average Bonchev–Trinajstić information content (AvgIpc) is 2.27. The summed E-state index contributed by atoms with van der Waals surface area (Å²) < 4.78 is 27.3. The lowest BCUT2D eigenvalue weighted by molar-refractivity contribution is 0.583. The Hall–Kier alpha value is -2.24. The summed E-state index contributed by atoms with van der Waals surface area (Å²) in [5.41, 5.74) is -2.04. The number of aromatic amines is 2. The highest BCUT2D eigenvalue weighted by molar-refractivity contribution is 5.63. The van der Waals surface area contributed by atoms with Crippen LogP contribution in [0.15, 0.2) is 27.9 Å². The van der Waals surface area contributed by atoms with Gasteiger partial charge in [-0.05, 0) is 18.6 Å². The van der Waals surface area contributed by atoms with Crippen molar-refractivity contribution >= 4 is 0 Å². The number of nitrogens with one attached hydrogen (secondary N) is 2. The van der Waals surface area contributed by atoms with Crippen LogP contribution < -0.4 is 11.2 Å². The number of benzene rings is 1. The molecule has 0 fully saturated rings. The molecule has 0 aliphatic carbocycles. The molecule has 1 aromatic heterocycles. The molecule has 88 valence electrons. The van der Waals surface area contributed by atoms with Crippen LogP contribution in [0, 0.1) is 18.6 Å². The van der Waals surface area contributed by atoms with Gasteiger partial charge in [0.1, 0.15) is 11.6 Å². The molecule has 2 aromatic rings. The standard InChI is InChI=1S/C11H8F2N2O2/c1-5-2-3-7(12)8(9(5)13)6-4-14-11(17)15-10(6)16/h2-4H,1H3,(H2,14,15,16,17). The predicted molar refractivity (Wildman–Crippen MR) is 57.8 cm³/mol. The van der Waals surface area contributed by atoms with E-state index in [9.17, 15) is 18.4 Å². The van der Waals surface area contributed by atoms with Gasteiger partial charge in [-0.15, -0.1) is 0 Å². The summed E-state index contributed by atoms with van der Waals surface area (Å²) in [5.74, 6) is -1.67. The summed E-state index contributed by atoms with van der Waals surface area (Å²) in [5, 5.41) is 0. The molecule has 0 aliphatic heterocycles. The summed E-state index contributed by atoms with van der Waals surface area (Å²) in [7, 11) is 0. The first-order valence-electron chi connectivity index (χ1n) is 4.77. The SMILES string of the molecule is Cc1ccc(F)c(-c2c[nH]c(=O)[nH]c2=O)c1F. The molecule has 0 atom stereocenters. The van der Waals surface area contributed by atoms with Gasteiger partial charge in [-0.25, -0.2) is 13.6 Å². The van der Waals surface area contributed by atoms with E-state index in [1.165, 1.54) is 13.0 Å². The zero-order chi connectivity index (χ0) is 12.6. The topological polar surface area (TPSA) is 65.7 Å². The molecule has 0 radical (unpaired) electrons. The lowest BCUT2D eigenvalue weighted by Crippen LogP contribution is -2.23. The van der Waals surface area contributed by atoms with Gasteiger partial charge in [0.05, 0.1) is 11.1 Å². The van der Waals surface area contributed by atoms with Crippen LogP contribution in [0.1, 0.15) is 5.56 Å². The Morgan fingerprint density at radius 1 is 1.18 bits per heavy atom. The van der Waals surface area contributed by atoms with E-state index in [2.05, 4.69) is 4.98 Å². The molecule has 2 rings (SSSR count). The Morgan fingerprint density at radius 3 is 2.53 bits per heavy atom. The predicted octanol–water partition coefficient (Wildman–Crippen LogP) is 1.32. The molecule has 6 heteroatoms. The number of H-pyrrole nitrogens is 2. The van der Waals surface area contributed by atoms with E-state index in [1.54, 1.807) is 0 Å². The van der Waals surface area contributed by atoms with E-state index >= 15 is 0 Å². The molecule has 0 amide bonds. The molecule has 0 unspecified atom stereocenters. The quantitative estimate of drug-likeness (QED) is 0.786. The van der Waals surface area contributed by atoms with Crippen LogP contribution in [0.5, 0.6) is 0 Å². The second kappa shape index (κ2) is 3.97. The Labute approximate surface area is 93.9 Å². The first kappa shape index (κ1) is 11.3. The fourth-order valence-electron chi connectivity index (χ4n) is 1.50. The van der Waals surface area contributed by atoms with Crippen molar-refractivity contribution in [1.82, 2.24) is 9.97 Å². The second-order valence-corrected chi connectivity index (χ2v) is 3.54. The molecule has 0 spiro atoms. The van der Waals surface area contributed by atoms with Crippen molar-refractivity contribution in [3.8, 4) is 11.1 Å². The maximum atomic E-state index is 13.7. The van der Waals surface area contributed by atoms with E-state index in [0.717, 1.165) is 12.3 Å². The van der Waals surface area contributed by atoms with Crippen LogP contribution >= 0.6 is 0 Å². The highest BCUT2D eigenvalue weighted by atomic mass is 19.1. The third-order valence-corrected chi connectivity index (χ3v) is 2.37. The van der Waals surface area contributed by atoms with Crippen molar-refractivity contribution in [2.24, 2.45) is 0 Å². The maximum absolute atomic E-state index is 13.7. The third-order valence-electron chi connectivity index (χ3n) is 2.37. The molecule has 0 saturated heterocycles. The van der Waals surface area contributed by atoms with Crippen LogP contribution in [-0.4, -0.2) is 9.97 Å². The van der Waals surface area contributed by atoms with Gasteiger partial charge in [-0.2, -0.15) is 0 Å². The molecular weight excluding hydrogens is 230 g/mol. The molecule has 4 nitrogen and oxygen atoms in total. The fraction of sp³-hybridized carbons (Fsp3) is 0.0909.